The van der Waals surface area contributed by atoms with Crippen molar-refractivity contribution in [1.82, 2.24) is 10.3 Å². The van der Waals surface area contributed by atoms with Crippen LogP contribution in [0, 0.1) is 0 Å². The predicted molar refractivity (Wildman–Crippen MR) is 108 cm³/mol. The molecule has 28 heavy (non-hydrogen) atoms. The number of anilines is 1. The summed E-state index contributed by atoms with van der Waals surface area (Å²) < 4.78 is 11.2. The van der Waals surface area contributed by atoms with E-state index in [4.69, 9.17) is 20.8 Å². The van der Waals surface area contributed by atoms with Crippen LogP contribution in [0.1, 0.15) is 19.1 Å². The summed E-state index contributed by atoms with van der Waals surface area (Å²) in [6, 6.07) is 10.6. The number of amides is 2. The van der Waals surface area contributed by atoms with E-state index in [9.17, 15) is 9.59 Å². The summed E-state index contributed by atoms with van der Waals surface area (Å²) >= 11 is 7.19. The normalized spacial score (nSPS) is 10.5. The number of carbonyl (C=O) groups excluding carboxylic acids is 2. The minimum Gasteiger partial charge on any atom is -0.493 e. The molecule has 2 heterocycles. The molecule has 0 spiro atoms. The molecule has 3 aromatic rings. The Bertz CT molecular complexity index is 970. The number of halogens is 1. The molecule has 146 valence electrons. The number of hydrogen-bond donors (Lipinski definition) is 2. The molecule has 0 aliphatic carbocycles. The fraction of sp³-hybridized carbons (Fsp3) is 0.211. The SMILES string of the molecule is CC(=O)NCc1ccc(-c2csc(NC(=O)CCOc3cccc(Cl)c3)n2)o1. The molecule has 0 saturated heterocycles. The molecule has 3 rings (SSSR count). The van der Waals surface area contributed by atoms with Gasteiger partial charge in [0, 0.05) is 17.3 Å². The van der Waals surface area contributed by atoms with Crippen LogP contribution in [0.15, 0.2) is 46.2 Å². The van der Waals surface area contributed by atoms with E-state index < -0.39 is 0 Å². The molecule has 0 radical (unpaired) electrons. The van der Waals surface area contributed by atoms with E-state index in [-0.39, 0.29) is 24.8 Å². The highest BCUT2D eigenvalue weighted by Gasteiger charge is 2.11. The zero-order valence-electron chi connectivity index (χ0n) is 15.0. The smallest absolute Gasteiger partial charge is 0.229 e. The Labute approximate surface area is 170 Å². The maximum Gasteiger partial charge on any atom is 0.229 e. The number of hydrogen-bond acceptors (Lipinski definition) is 6. The van der Waals surface area contributed by atoms with Gasteiger partial charge in [-0.2, -0.15) is 0 Å². The molecule has 0 aliphatic heterocycles. The molecule has 0 bridgehead atoms. The molecule has 0 fully saturated rings. The van der Waals surface area contributed by atoms with Crippen LogP contribution in [0.25, 0.3) is 11.5 Å². The third-order valence-corrected chi connectivity index (χ3v) is 4.56. The van der Waals surface area contributed by atoms with E-state index in [1.807, 2.05) is 0 Å². The summed E-state index contributed by atoms with van der Waals surface area (Å²) in [5.74, 6) is 1.48. The van der Waals surface area contributed by atoms with E-state index in [1.165, 1.54) is 18.3 Å². The number of nitrogens with one attached hydrogen (secondary N) is 2. The van der Waals surface area contributed by atoms with Crippen LogP contribution in [0.3, 0.4) is 0 Å². The van der Waals surface area contributed by atoms with E-state index >= 15 is 0 Å². The summed E-state index contributed by atoms with van der Waals surface area (Å²) in [5, 5.41) is 8.25. The highest BCUT2D eigenvalue weighted by molar-refractivity contribution is 7.14. The molecule has 0 atom stereocenters. The lowest BCUT2D eigenvalue weighted by Crippen LogP contribution is -2.18. The van der Waals surface area contributed by atoms with E-state index in [0.29, 0.717) is 39.7 Å². The fourth-order valence-corrected chi connectivity index (χ4v) is 3.16. The van der Waals surface area contributed by atoms with Crippen molar-refractivity contribution < 1.29 is 18.7 Å². The van der Waals surface area contributed by atoms with Crippen LogP contribution in [0.4, 0.5) is 5.13 Å². The molecular weight excluding hydrogens is 402 g/mol. The second-order valence-corrected chi connectivity index (χ2v) is 7.11. The molecule has 1 aromatic carbocycles. The minimum absolute atomic E-state index is 0.129. The second-order valence-electron chi connectivity index (χ2n) is 5.82. The molecule has 9 heteroatoms. The molecule has 2 amide bonds. The topological polar surface area (TPSA) is 93.5 Å². The molecule has 2 N–H and O–H groups in total. The third-order valence-electron chi connectivity index (χ3n) is 3.57. The predicted octanol–water partition coefficient (Wildman–Crippen LogP) is 4.10. The number of ether oxygens (including phenoxy) is 1. The lowest BCUT2D eigenvalue weighted by atomic mass is 10.3. The first-order chi connectivity index (χ1) is 13.5. The van der Waals surface area contributed by atoms with E-state index in [1.54, 1.807) is 41.8 Å². The minimum atomic E-state index is -0.200. The maximum atomic E-state index is 12.1. The van der Waals surface area contributed by atoms with Gasteiger partial charge in [0.2, 0.25) is 11.8 Å². The first-order valence-corrected chi connectivity index (χ1v) is 9.72. The van der Waals surface area contributed by atoms with Gasteiger partial charge in [0.1, 0.15) is 17.2 Å². The number of aromatic nitrogens is 1. The number of carbonyl (C=O) groups is 2. The molecule has 2 aromatic heterocycles. The molecule has 0 aliphatic rings. The van der Waals surface area contributed by atoms with Gasteiger partial charge < -0.3 is 19.8 Å². The fourth-order valence-electron chi connectivity index (χ4n) is 2.27. The summed E-state index contributed by atoms with van der Waals surface area (Å²) in [6.07, 6.45) is 0.184. The van der Waals surface area contributed by atoms with Gasteiger partial charge in [0.05, 0.1) is 19.6 Å². The first kappa shape index (κ1) is 19.9. The standard InChI is InChI=1S/C19H18ClN3O4S/c1-12(24)21-10-15-5-6-17(27-15)16-11-28-19(22-16)23-18(25)7-8-26-14-4-2-3-13(20)9-14/h2-6,9,11H,7-8,10H2,1H3,(H,21,24)(H,22,23,25). The number of rotatable bonds is 8. The number of furan rings is 1. The van der Waals surface area contributed by atoms with Crippen molar-refractivity contribution in [2.75, 3.05) is 11.9 Å². The summed E-state index contributed by atoms with van der Waals surface area (Å²) in [5.41, 5.74) is 0.615. The number of benzene rings is 1. The Hall–Kier alpha value is -2.84. The zero-order valence-corrected chi connectivity index (χ0v) is 16.6. The molecule has 0 saturated carbocycles. The largest absolute Gasteiger partial charge is 0.493 e. The van der Waals surface area contributed by atoms with Gasteiger partial charge in [-0.25, -0.2) is 4.98 Å². The average Bonchev–Trinajstić information content (AvgIpc) is 3.29. The zero-order chi connectivity index (χ0) is 19.9. The Morgan fingerprint density at radius 2 is 2.14 bits per heavy atom. The van der Waals surface area contributed by atoms with E-state index in [2.05, 4.69) is 15.6 Å². The maximum absolute atomic E-state index is 12.1. The quantitative estimate of drug-likeness (QED) is 0.573. The van der Waals surface area contributed by atoms with Crippen LogP contribution in [-0.4, -0.2) is 23.4 Å². The van der Waals surface area contributed by atoms with Gasteiger partial charge in [0.15, 0.2) is 10.9 Å². The van der Waals surface area contributed by atoms with Crippen LogP contribution in [-0.2, 0) is 16.1 Å². The molecular formula is C19H18ClN3O4S. The Morgan fingerprint density at radius 3 is 2.93 bits per heavy atom. The summed E-state index contributed by atoms with van der Waals surface area (Å²) in [7, 11) is 0. The van der Waals surface area contributed by atoms with Gasteiger partial charge in [-0.05, 0) is 30.3 Å². The summed E-state index contributed by atoms with van der Waals surface area (Å²) in [6.45, 7) is 1.99. The van der Waals surface area contributed by atoms with Crippen LogP contribution >= 0.6 is 22.9 Å². The van der Waals surface area contributed by atoms with Crippen molar-refractivity contribution in [2.24, 2.45) is 0 Å². The second kappa shape index (κ2) is 9.38. The lowest BCUT2D eigenvalue weighted by molar-refractivity contribution is -0.119. The van der Waals surface area contributed by atoms with Crippen LogP contribution < -0.4 is 15.4 Å². The highest BCUT2D eigenvalue weighted by Crippen LogP contribution is 2.26. The monoisotopic (exact) mass is 419 g/mol. The average molecular weight is 420 g/mol. The Kier molecular flexibility index (Phi) is 6.67. The van der Waals surface area contributed by atoms with Crippen molar-refractivity contribution in [3.05, 3.63) is 52.6 Å². The van der Waals surface area contributed by atoms with Crippen LogP contribution in [0.5, 0.6) is 5.75 Å². The number of nitrogens with zero attached hydrogens (tertiary/aromatic N) is 1. The van der Waals surface area contributed by atoms with Gasteiger partial charge in [-0.15, -0.1) is 11.3 Å². The van der Waals surface area contributed by atoms with Crippen molar-refractivity contribution in [1.29, 1.82) is 0 Å². The Morgan fingerprint density at radius 1 is 1.29 bits per heavy atom. The molecule has 7 nitrogen and oxygen atoms in total. The number of thiazole rings is 1. The van der Waals surface area contributed by atoms with Gasteiger partial charge in [0.25, 0.3) is 0 Å². The van der Waals surface area contributed by atoms with E-state index in [0.717, 1.165) is 0 Å². The van der Waals surface area contributed by atoms with Crippen molar-refractivity contribution >= 4 is 39.9 Å². The summed E-state index contributed by atoms with van der Waals surface area (Å²) in [4.78, 5) is 27.4. The Balaban J connectivity index is 1.48. The lowest BCUT2D eigenvalue weighted by Gasteiger charge is -2.06. The van der Waals surface area contributed by atoms with Crippen LogP contribution in [0.2, 0.25) is 5.02 Å². The highest BCUT2D eigenvalue weighted by atomic mass is 35.5. The van der Waals surface area contributed by atoms with Gasteiger partial charge >= 0.3 is 0 Å². The van der Waals surface area contributed by atoms with Crippen molar-refractivity contribution in [2.45, 2.75) is 19.9 Å². The van der Waals surface area contributed by atoms with Crippen molar-refractivity contribution in [3.8, 4) is 17.2 Å². The van der Waals surface area contributed by atoms with Gasteiger partial charge in [-0.3, -0.25) is 9.59 Å². The third kappa shape index (κ3) is 5.83. The first-order valence-electron chi connectivity index (χ1n) is 8.47. The van der Waals surface area contributed by atoms with Gasteiger partial charge in [-0.1, -0.05) is 17.7 Å². The molecule has 0 unspecified atom stereocenters. The van der Waals surface area contributed by atoms with Crippen molar-refractivity contribution in [3.63, 3.8) is 0 Å².